The van der Waals surface area contributed by atoms with Gasteiger partial charge in [0.25, 0.3) is 5.91 Å². The van der Waals surface area contributed by atoms with Gasteiger partial charge in [0, 0.05) is 24.0 Å². The Hall–Kier alpha value is -2.07. The van der Waals surface area contributed by atoms with E-state index in [0.29, 0.717) is 22.0 Å². The van der Waals surface area contributed by atoms with Crippen molar-refractivity contribution >= 4 is 28.9 Å². The molecule has 0 atom stereocenters. The number of hydrogen-bond donors (Lipinski definition) is 2. The van der Waals surface area contributed by atoms with E-state index in [1.807, 2.05) is 0 Å². The molecule has 2 aromatic rings. The molecule has 1 aromatic carbocycles. The summed E-state index contributed by atoms with van der Waals surface area (Å²) >= 11 is 5.86. The fourth-order valence-electron chi connectivity index (χ4n) is 1.56. The van der Waals surface area contributed by atoms with Gasteiger partial charge >= 0.3 is 0 Å². The van der Waals surface area contributed by atoms with Crippen molar-refractivity contribution in [3.05, 3.63) is 53.3 Å². The fraction of sp³-hybridized carbons (Fsp3) is 0.0769. The molecule has 5 heteroatoms. The first-order chi connectivity index (χ1) is 8.70. The van der Waals surface area contributed by atoms with Crippen LogP contribution in [0.15, 0.2) is 42.7 Å². The summed E-state index contributed by atoms with van der Waals surface area (Å²) in [5.41, 5.74) is 1.87. The van der Waals surface area contributed by atoms with E-state index < -0.39 is 0 Å². The van der Waals surface area contributed by atoms with Gasteiger partial charge in [0.1, 0.15) is 0 Å². The van der Waals surface area contributed by atoms with Gasteiger partial charge < -0.3 is 10.6 Å². The molecule has 0 fully saturated rings. The number of carbonyl (C=O) groups is 1. The summed E-state index contributed by atoms with van der Waals surface area (Å²) in [5, 5.41) is 6.29. The van der Waals surface area contributed by atoms with Crippen molar-refractivity contribution in [1.29, 1.82) is 0 Å². The first-order valence-corrected chi connectivity index (χ1v) is 5.77. The molecule has 0 aliphatic carbocycles. The summed E-state index contributed by atoms with van der Waals surface area (Å²) in [6, 6.07) is 8.67. The maximum Gasteiger partial charge on any atom is 0.257 e. The topological polar surface area (TPSA) is 54.0 Å². The molecule has 0 aliphatic heterocycles. The van der Waals surface area contributed by atoms with Crippen LogP contribution in [0, 0.1) is 0 Å². The number of benzene rings is 1. The first-order valence-electron chi connectivity index (χ1n) is 5.39. The third kappa shape index (κ3) is 2.78. The van der Waals surface area contributed by atoms with E-state index in [1.54, 1.807) is 49.8 Å². The molecule has 1 amide bonds. The average molecular weight is 262 g/mol. The molecule has 1 heterocycles. The second-order valence-electron chi connectivity index (χ2n) is 3.64. The van der Waals surface area contributed by atoms with Gasteiger partial charge in [0.05, 0.1) is 17.4 Å². The zero-order chi connectivity index (χ0) is 13.0. The lowest BCUT2D eigenvalue weighted by atomic mass is 10.2. The van der Waals surface area contributed by atoms with Crippen molar-refractivity contribution in [2.24, 2.45) is 0 Å². The highest BCUT2D eigenvalue weighted by Gasteiger charge is 2.10. The van der Waals surface area contributed by atoms with Gasteiger partial charge in [-0.15, -0.1) is 0 Å². The highest BCUT2D eigenvalue weighted by Crippen LogP contribution is 2.18. The number of nitrogens with one attached hydrogen (secondary N) is 2. The van der Waals surface area contributed by atoms with Crippen LogP contribution in [0.3, 0.4) is 0 Å². The molecule has 2 rings (SSSR count). The Morgan fingerprint density at radius 3 is 2.89 bits per heavy atom. The minimum Gasteiger partial charge on any atom is -0.386 e. The molecule has 4 nitrogen and oxygen atoms in total. The Labute approximate surface area is 110 Å². The number of rotatable bonds is 3. The lowest BCUT2D eigenvalue weighted by Crippen LogP contribution is -2.14. The van der Waals surface area contributed by atoms with Crippen LogP contribution in [0.2, 0.25) is 5.02 Å². The Morgan fingerprint density at radius 2 is 2.17 bits per heavy atom. The fourth-order valence-corrected chi connectivity index (χ4v) is 1.75. The van der Waals surface area contributed by atoms with Crippen LogP contribution in [-0.4, -0.2) is 17.9 Å². The summed E-state index contributed by atoms with van der Waals surface area (Å²) in [6.45, 7) is 0. The largest absolute Gasteiger partial charge is 0.386 e. The average Bonchev–Trinajstić information content (AvgIpc) is 2.38. The lowest BCUT2D eigenvalue weighted by Gasteiger charge is -2.09. The van der Waals surface area contributed by atoms with Crippen molar-refractivity contribution in [2.45, 2.75) is 0 Å². The van der Waals surface area contributed by atoms with E-state index in [-0.39, 0.29) is 5.91 Å². The monoisotopic (exact) mass is 261 g/mol. The highest BCUT2D eigenvalue weighted by molar-refractivity contribution is 6.31. The number of carbonyl (C=O) groups excluding carboxylic acids is 1. The highest BCUT2D eigenvalue weighted by atomic mass is 35.5. The molecular formula is C13H12ClN3O. The first kappa shape index (κ1) is 12.4. The van der Waals surface area contributed by atoms with E-state index in [2.05, 4.69) is 15.6 Å². The molecule has 0 saturated heterocycles. The molecule has 92 valence electrons. The Morgan fingerprint density at radius 1 is 1.33 bits per heavy atom. The molecule has 0 unspecified atom stereocenters. The van der Waals surface area contributed by atoms with Crippen LogP contribution >= 0.6 is 11.6 Å². The number of hydrogen-bond acceptors (Lipinski definition) is 3. The quantitative estimate of drug-likeness (QED) is 0.893. The molecule has 2 N–H and O–H groups in total. The van der Waals surface area contributed by atoms with Gasteiger partial charge in [-0.2, -0.15) is 0 Å². The van der Waals surface area contributed by atoms with Crippen molar-refractivity contribution in [1.82, 2.24) is 4.98 Å². The van der Waals surface area contributed by atoms with Crippen molar-refractivity contribution in [3.8, 4) is 0 Å². The van der Waals surface area contributed by atoms with Crippen molar-refractivity contribution in [3.63, 3.8) is 0 Å². The Balaban J connectivity index is 2.22. The van der Waals surface area contributed by atoms with Crippen molar-refractivity contribution < 1.29 is 4.79 Å². The van der Waals surface area contributed by atoms with E-state index in [9.17, 15) is 4.79 Å². The van der Waals surface area contributed by atoms with Gasteiger partial charge in [0.2, 0.25) is 0 Å². The van der Waals surface area contributed by atoms with Crippen LogP contribution in [0.5, 0.6) is 0 Å². The molecule has 0 saturated carbocycles. The maximum atomic E-state index is 12.1. The number of halogens is 1. The van der Waals surface area contributed by atoms with Gasteiger partial charge in [-0.05, 0) is 24.3 Å². The van der Waals surface area contributed by atoms with Gasteiger partial charge in [-0.3, -0.25) is 9.78 Å². The van der Waals surface area contributed by atoms with Crippen LogP contribution in [0.1, 0.15) is 10.4 Å². The molecule has 0 spiro atoms. The number of pyridine rings is 1. The third-order valence-corrected chi connectivity index (χ3v) is 2.65. The maximum absolute atomic E-state index is 12.1. The zero-order valence-corrected chi connectivity index (χ0v) is 10.5. The Kier molecular flexibility index (Phi) is 3.79. The van der Waals surface area contributed by atoms with E-state index in [0.717, 1.165) is 0 Å². The number of aromatic nitrogens is 1. The molecule has 1 aromatic heterocycles. The van der Waals surface area contributed by atoms with Crippen LogP contribution < -0.4 is 10.6 Å². The molecular weight excluding hydrogens is 250 g/mol. The smallest absolute Gasteiger partial charge is 0.257 e. The second kappa shape index (κ2) is 5.51. The molecule has 0 bridgehead atoms. The van der Waals surface area contributed by atoms with Crippen LogP contribution in [0.4, 0.5) is 11.4 Å². The van der Waals surface area contributed by atoms with Gasteiger partial charge in [-0.1, -0.05) is 17.7 Å². The zero-order valence-electron chi connectivity index (χ0n) is 9.77. The van der Waals surface area contributed by atoms with Gasteiger partial charge in [-0.25, -0.2) is 0 Å². The third-order valence-electron chi connectivity index (χ3n) is 2.42. The van der Waals surface area contributed by atoms with E-state index >= 15 is 0 Å². The molecule has 0 radical (unpaired) electrons. The number of amides is 1. The summed E-state index contributed by atoms with van der Waals surface area (Å²) in [4.78, 5) is 16.0. The van der Waals surface area contributed by atoms with E-state index in [1.165, 1.54) is 0 Å². The lowest BCUT2D eigenvalue weighted by molar-refractivity contribution is 0.102. The minimum absolute atomic E-state index is 0.205. The summed E-state index contributed by atoms with van der Waals surface area (Å²) < 4.78 is 0. The van der Waals surface area contributed by atoms with Gasteiger partial charge in [0.15, 0.2) is 0 Å². The predicted molar refractivity (Wildman–Crippen MR) is 73.2 cm³/mol. The minimum atomic E-state index is -0.205. The van der Waals surface area contributed by atoms with Crippen LogP contribution in [0.25, 0.3) is 0 Å². The van der Waals surface area contributed by atoms with E-state index in [4.69, 9.17) is 11.6 Å². The normalized spacial score (nSPS) is 9.89. The molecule has 18 heavy (non-hydrogen) atoms. The van der Waals surface area contributed by atoms with Crippen LogP contribution in [-0.2, 0) is 0 Å². The predicted octanol–water partition coefficient (Wildman–Crippen LogP) is 3.03. The summed E-state index contributed by atoms with van der Waals surface area (Å²) in [5.74, 6) is -0.205. The molecule has 0 aliphatic rings. The summed E-state index contributed by atoms with van der Waals surface area (Å²) in [6.07, 6.45) is 3.18. The number of anilines is 2. The number of nitrogens with zero attached hydrogens (tertiary/aromatic N) is 1. The standard InChI is InChI=1S/C13H12ClN3O/c1-15-12-8-16-6-5-11(12)13(18)17-10-4-2-3-9(14)7-10/h2-8,15H,1H3,(H,17,18). The SMILES string of the molecule is CNc1cnccc1C(=O)Nc1cccc(Cl)c1. The Bertz CT molecular complexity index is 572. The second-order valence-corrected chi connectivity index (χ2v) is 4.07. The van der Waals surface area contributed by atoms with Crippen molar-refractivity contribution in [2.75, 3.05) is 17.7 Å². The summed E-state index contributed by atoms with van der Waals surface area (Å²) in [7, 11) is 1.74.